The van der Waals surface area contributed by atoms with E-state index in [2.05, 4.69) is 34.4 Å². The van der Waals surface area contributed by atoms with Crippen molar-refractivity contribution < 1.29 is 4.84 Å². The first kappa shape index (κ1) is 11.2. The van der Waals surface area contributed by atoms with Gasteiger partial charge in [0.05, 0.1) is 0 Å². The van der Waals surface area contributed by atoms with Gasteiger partial charge in [0.2, 0.25) is 0 Å². The normalized spacial score (nSPS) is 17.8. The number of rotatable bonds is 3. The Kier molecular flexibility index (Phi) is 3.97. The van der Waals surface area contributed by atoms with Gasteiger partial charge in [-0.2, -0.15) is 0 Å². The summed E-state index contributed by atoms with van der Waals surface area (Å²) >= 11 is 0. The van der Waals surface area contributed by atoms with Crippen molar-refractivity contribution >= 4 is 6.21 Å². The molecule has 2 nitrogen and oxygen atoms in total. The van der Waals surface area contributed by atoms with Gasteiger partial charge in [0, 0.05) is 5.56 Å². The maximum atomic E-state index is 4.64. The van der Waals surface area contributed by atoms with E-state index in [-0.39, 0.29) is 0 Å². The molecule has 0 spiro atoms. The van der Waals surface area contributed by atoms with Crippen LogP contribution in [0.3, 0.4) is 0 Å². The minimum Gasteiger partial charge on any atom is -0.399 e. The Morgan fingerprint density at radius 2 is 2.06 bits per heavy atom. The highest BCUT2D eigenvalue weighted by molar-refractivity contribution is 5.79. The molecule has 0 unspecified atom stereocenters. The number of nitrogens with zero attached hydrogens (tertiary/aromatic N) is 1. The molecule has 85 valence electrons. The van der Waals surface area contributed by atoms with E-state index < -0.39 is 0 Å². The lowest BCUT2D eigenvalue weighted by Crippen LogP contribution is -2.04. The molecule has 16 heavy (non-hydrogen) atoms. The Morgan fingerprint density at radius 3 is 2.81 bits per heavy atom. The highest BCUT2D eigenvalue weighted by Gasteiger charge is 2.15. The summed E-state index contributed by atoms with van der Waals surface area (Å²) in [5.74, 6) is 0.734. The quantitative estimate of drug-likeness (QED) is 0.559. The van der Waals surface area contributed by atoms with E-state index in [0.29, 0.717) is 0 Å². The Hall–Kier alpha value is -1.31. The fourth-order valence-corrected chi connectivity index (χ4v) is 2.40. The molecular weight excluding hydrogens is 198 g/mol. The smallest absolute Gasteiger partial charge is 0.139 e. The van der Waals surface area contributed by atoms with Crippen LogP contribution in [0, 0.1) is 0 Å². The summed E-state index contributed by atoms with van der Waals surface area (Å²) in [6.07, 6.45) is 9.65. The van der Waals surface area contributed by atoms with Gasteiger partial charge in [-0.25, -0.2) is 0 Å². The molecule has 0 heterocycles. The molecule has 1 fully saturated rings. The van der Waals surface area contributed by atoms with Crippen molar-refractivity contribution in [2.75, 3.05) is 7.11 Å². The molecule has 1 aromatic carbocycles. The lowest BCUT2D eigenvalue weighted by molar-refractivity contribution is 0.215. The van der Waals surface area contributed by atoms with E-state index in [0.717, 1.165) is 11.5 Å². The van der Waals surface area contributed by atoms with Crippen LogP contribution in [-0.2, 0) is 4.84 Å². The van der Waals surface area contributed by atoms with Crippen LogP contribution in [0.15, 0.2) is 29.4 Å². The van der Waals surface area contributed by atoms with Gasteiger partial charge in [-0.3, -0.25) is 0 Å². The van der Waals surface area contributed by atoms with Gasteiger partial charge in [0.1, 0.15) is 13.3 Å². The molecule has 1 aromatic rings. The molecular formula is C14H18NO. The van der Waals surface area contributed by atoms with Gasteiger partial charge in [0.25, 0.3) is 0 Å². The highest BCUT2D eigenvalue weighted by Crippen LogP contribution is 2.32. The molecule has 0 aliphatic heterocycles. The first-order valence-electron chi connectivity index (χ1n) is 5.99. The van der Waals surface area contributed by atoms with Gasteiger partial charge in [-0.05, 0) is 30.4 Å². The predicted molar refractivity (Wildman–Crippen MR) is 65.8 cm³/mol. The number of hydrogen-bond donors (Lipinski definition) is 0. The van der Waals surface area contributed by atoms with Crippen LogP contribution in [0.4, 0.5) is 0 Å². The summed E-state index contributed by atoms with van der Waals surface area (Å²) in [6, 6.07) is 8.48. The Morgan fingerprint density at radius 1 is 1.25 bits per heavy atom. The van der Waals surface area contributed by atoms with Crippen LogP contribution < -0.4 is 0 Å². The van der Waals surface area contributed by atoms with Crippen LogP contribution in [0.2, 0.25) is 0 Å². The fourth-order valence-electron chi connectivity index (χ4n) is 2.40. The summed E-state index contributed by atoms with van der Waals surface area (Å²) in [7, 11) is 1.54. The Bertz CT molecular complexity index is 354. The van der Waals surface area contributed by atoms with E-state index >= 15 is 0 Å². The molecule has 2 heteroatoms. The summed E-state index contributed by atoms with van der Waals surface area (Å²) in [4.78, 5) is 4.64. The zero-order valence-electron chi connectivity index (χ0n) is 9.78. The summed E-state index contributed by atoms with van der Waals surface area (Å²) < 4.78 is 0. The minimum absolute atomic E-state index is 0.734. The van der Waals surface area contributed by atoms with Crippen molar-refractivity contribution in [1.82, 2.24) is 0 Å². The third-order valence-corrected chi connectivity index (χ3v) is 3.23. The van der Waals surface area contributed by atoms with Gasteiger partial charge < -0.3 is 4.84 Å². The van der Waals surface area contributed by atoms with Gasteiger partial charge in [0.15, 0.2) is 0 Å². The summed E-state index contributed by atoms with van der Waals surface area (Å²) in [5, 5.41) is 3.68. The molecule has 0 aromatic heterocycles. The lowest BCUT2D eigenvalue weighted by Gasteiger charge is -2.22. The van der Waals surface area contributed by atoms with Crippen LogP contribution >= 0.6 is 0 Å². The van der Waals surface area contributed by atoms with Gasteiger partial charge in [-0.15, -0.1) is 0 Å². The van der Waals surface area contributed by atoms with Crippen LogP contribution in [-0.4, -0.2) is 13.3 Å². The molecule has 1 saturated carbocycles. The van der Waals surface area contributed by atoms with E-state index in [1.165, 1.54) is 44.8 Å². The van der Waals surface area contributed by atoms with E-state index in [4.69, 9.17) is 0 Å². The van der Waals surface area contributed by atoms with E-state index in [1.807, 2.05) is 6.07 Å². The van der Waals surface area contributed by atoms with Gasteiger partial charge >= 0.3 is 0 Å². The lowest BCUT2D eigenvalue weighted by atomic mass is 9.84. The number of hydrogen-bond acceptors (Lipinski definition) is 2. The third kappa shape index (κ3) is 2.84. The van der Waals surface area contributed by atoms with Crippen LogP contribution in [0.1, 0.15) is 49.1 Å². The van der Waals surface area contributed by atoms with Crippen molar-refractivity contribution in [3.05, 3.63) is 35.4 Å². The highest BCUT2D eigenvalue weighted by atomic mass is 16.6. The average Bonchev–Trinajstić information content (AvgIpc) is 2.38. The first-order chi connectivity index (χ1) is 7.90. The Labute approximate surface area is 97.3 Å². The van der Waals surface area contributed by atoms with Crippen molar-refractivity contribution in [1.29, 1.82) is 0 Å². The molecule has 0 N–H and O–H groups in total. The Balaban J connectivity index is 2.11. The predicted octanol–water partition coefficient (Wildman–Crippen LogP) is 3.59. The standard InChI is InChI=1S/C14H18NO/c1-16-15-11-12-6-5-9-14(10-12)13-7-3-2-4-8-13/h5-6,9-10,13H,2-4,7-8H2,1H3. The molecule has 0 bridgehead atoms. The number of benzene rings is 1. The van der Waals surface area contributed by atoms with Gasteiger partial charge in [-0.1, -0.05) is 42.6 Å². The SMILES string of the molecule is CO/N=[C]\c1cccc(C2CCCCC2)c1. The van der Waals surface area contributed by atoms with Crippen molar-refractivity contribution in [2.45, 2.75) is 38.0 Å². The topological polar surface area (TPSA) is 21.6 Å². The molecule has 1 aliphatic rings. The summed E-state index contributed by atoms with van der Waals surface area (Å²) in [5.41, 5.74) is 2.43. The molecule has 0 atom stereocenters. The molecule has 1 aliphatic carbocycles. The fraction of sp³-hybridized carbons (Fsp3) is 0.500. The van der Waals surface area contributed by atoms with Crippen molar-refractivity contribution in [2.24, 2.45) is 5.16 Å². The molecule has 1 radical (unpaired) electrons. The average molecular weight is 216 g/mol. The monoisotopic (exact) mass is 216 g/mol. The second kappa shape index (κ2) is 5.69. The molecule has 0 amide bonds. The van der Waals surface area contributed by atoms with Crippen LogP contribution in [0.5, 0.6) is 0 Å². The summed E-state index contributed by atoms with van der Waals surface area (Å²) in [6.45, 7) is 0. The molecule has 0 saturated heterocycles. The first-order valence-corrected chi connectivity index (χ1v) is 5.99. The van der Waals surface area contributed by atoms with E-state index in [9.17, 15) is 0 Å². The third-order valence-electron chi connectivity index (χ3n) is 3.23. The maximum Gasteiger partial charge on any atom is 0.139 e. The van der Waals surface area contributed by atoms with E-state index in [1.54, 1.807) is 0 Å². The maximum absolute atomic E-state index is 4.64. The van der Waals surface area contributed by atoms with Crippen molar-refractivity contribution in [3.8, 4) is 0 Å². The molecule has 2 rings (SSSR count). The van der Waals surface area contributed by atoms with Crippen LogP contribution in [0.25, 0.3) is 0 Å². The second-order valence-electron chi connectivity index (χ2n) is 4.35. The largest absolute Gasteiger partial charge is 0.399 e. The second-order valence-corrected chi connectivity index (χ2v) is 4.35. The zero-order valence-corrected chi connectivity index (χ0v) is 9.78. The van der Waals surface area contributed by atoms with Crippen molar-refractivity contribution in [3.63, 3.8) is 0 Å². The minimum atomic E-state index is 0.734. The zero-order chi connectivity index (χ0) is 11.2.